The van der Waals surface area contributed by atoms with E-state index in [1.807, 2.05) is 6.92 Å². The van der Waals surface area contributed by atoms with Gasteiger partial charge in [0, 0.05) is 11.9 Å². The van der Waals surface area contributed by atoms with Crippen molar-refractivity contribution < 1.29 is 19.4 Å². The second kappa shape index (κ2) is 17.6. The molecular weight excluding hydrogens is 574 g/mol. The summed E-state index contributed by atoms with van der Waals surface area (Å²) in [6, 6.07) is 1.63. The molecule has 1 aliphatic heterocycles. The fraction of sp³-hybridized carbons (Fsp3) is 0.800. The molecule has 8 nitrogen and oxygen atoms in total. The van der Waals surface area contributed by atoms with E-state index in [2.05, 4.69) is 51.8 Å². The lowest BCUT2D eigenvalue weighted by molar-refractivity contribution is -0.302. The van der Waals surface area contributed by atoms with E-state index in [-0.39, 0.29) is 29.2 Å². The third-order valence-electron chi connectivity index (χ3n) is 9.88. The first-order chi connectivity index (χ1) is 21.0. The quantitative estimate of drug-likeness (QED) is 0.105. The number of hydrogen-bond acceptors (Lipinski definition) is 8. The predicted octanol–water partition coefficient (Wildman–Crippen LogP) is 7.79. The highest BCUT2D eigenvalue weighted by Crippen LogP contribution is 2.40. The summed E-state index contributed by atoms with van der Waals surface area (Å²) < 4.78 is 13.4. The van der Waals surface area contributed by atoms with Crippen LogP contribution in [0.25, 0.3) is 0 Å². The Bertz CT molecular complexity index is 1120. The van der Waals surface area contributed by atoms with E-state index in [4.69, 9.17) is 9.47 Å². The van der Waals surface area contributed by atoms with Gasteiger partial charge in [0.2, 0.25) is 5.44 Å². The summed E-state index contributed by atoms with van der Waals surface area (Å²) in [4.78, 5) is 30.2. The van der Waals surface area contributed by atoms with Crippen molar-refractivity contribution >= 4 is 23.5 Å². The molecule has 0 spiro atoms. The normalized spacial score (nSPS) is 24.8. The Morgan fingerprint density at radius 3 is 2.41 bits per heavy atom. The molecule has 0 aromatic carbocycles. The first-order valence-electron chi connectivity index (χ1n) is 17.2. The van der Waals surface area contributed by atoms with Crippen molar-refractivity contribution in [1.29, 1.82) is 0 Å². The van der Waals surface area contributed by atoms with Crippen LogP contribution in [0.3, 0.4) is 0 Å². The minimum atomic E-state index is -0.777. The molecule has 3 rings (SSSR count). The summed E-state index contributed by atoms with van der Waals surface area (Å²) in [7, 11) is 0. The largest absolute Gasteiger partial charge is 0.860 e. The standard InChI is InChI=1S/C35H59N3O5S/c1-8-10-12-14-19-35(7,20-15-13-11-9-2)26(6)31(39)36-29-18-21-38(34(41)37-29)30-23-44-33(43-30)32(40)42-28-22-25(5)16-17-27(28)24(3)4/h18,21,24-25,27-28,30,33,39H,8-17,19-20,22-23H2,1-7H3,(H,36,37,41)/p-1. The van der Waals surface area contributed by atoms with E-state index < -0.39 is 17.4 Å². The van der Waals surface area contributed by atoms with Crippen LogP contribution in [0.4, 0.5) is 5.82 Å². The maximum Gasteiger partial charge on any atom is 0.351 e. The number of unbranched alkanes of at least 4 members (excludes halogenated alkanes) is 6. The van der Waals surface area contributed by atoms with E-state index in [0.29, 0.717) is 23.5 Å². The number of rotatable bonds is 17. The molecule has 5 unspecified atom stereocenters. The lowest BCUT2D eigenvalue weighted by Crippen LogP contribution is -2.38. The van der Waals surface area contributed by atoms with Gasteiger partial charge in [0.25, 0.3) is 0 Å². The van der Waals surface area contributed by atoms with Gasteiger partial charge in [-0.15, -0.1) is 11.8 Å². The molecule has 9 heteroatoms. The third kappa shape index (κ3) is 10.3. The van der Waals surface area contributed by atoms with Crippen molar-refractivity contribution in [2.75, 3.05) is 11.1 Å². The number of nitrogens with zero attached hydrogens (tertiary/aromatic N) is 2. The molecule has 2 fully saturated rings. The Balaban J connectivity index is 1.64. The van der Waals surface area contributed by atoms with Gasteiger partial charge in [-0.2, -0.15) is 4.98 Å². The Morgan fingerprint density at radius 1 is 1.16 bits per heavy atom. The van der Waals surface area contributed by atoms with E-state index in [1.54, 1.807) is 12.3 Å². The molecule has 250 valence electrons. The minimum Gasteiger partial charge on any atom is -0.860 e. The summed E-state index contributed by atoms with van der Waals surface area (Å²) in [5.41, 5.74) is -0.700. The second-order valence-corrected chi connectivity index (χ2v) is 14.9. The van der Waals surface area contributed by atoms with E-state index in [1.165, 1.54) is 54.9 Å². The molecule has 1 N–H and O–H groups in total. The number of carbonyl (C=O) groups excluding carboxylic acids is 1. The number of carbonyl (C=O) groups is 1. The predicted molar refractivity (Wildman–Crippen MR) is 178 cm³/mol. The molecule has 1 aromatic heterocycles. The van der Waals surface area contributed by atoms with Crippen LogP contribution >= 0.6 is 11.8 Å². The highest BCUT2D eigenvalue weighted by atomic mass is 32.2. The highest BCUT2D eigenvalue weighted by Gasteiger charge is 2.39. The van der Waals surface area contributed by atoms with Gasteiger partial charge in [-0.3, -0.25) is 4.57 Å². The summed E-state index contributed by atoms with van der Waals surface area (Å²) in [6.07, 6.45) is 15.3. The first kappa shape index (κ1) is 36.5. The zero-order valence-electron chi connectivity index (χ0n) is 28.4. The fourth-order valence-corrected chi connectivity index (χ4v) is 7.66. The number of aromatic nitrogens is 2. The average molecular weight is 633 g/mol. The van der Waals surface area contributed by atoms with Crippen LogP contribution in [-0.4, -0.2) is 32.8 Å². The maximum atomic E-state index is 13.4. The van der Waals surface area contributed by atoms with Gasteiger partial charge in [-0.1, -0.05) is 105 Å². The molecule has 1 aromatic rings. The van der Waals surface area contributed by atoms with Crippen molar-refractivity contribution in [2.24, 2.45) is 23.2 Å². The van der Waals surface area contributed by atoms with Gasteiger partial charge in [-0.05, 0) is 67.7 Å². The topological polar surface area (TPSA) is 106 Å². The fourth-order valence-electron chi connectivity index (χ4n) is 6.68. The molecule has 0 amide bonds. The third-order valence-corrected chi connectivity index (χ3v) is 11.0. The molecule has 1 aliphatic carbocycles. The van der Waals surface area contributed by atoms with Crippen molar-refractivity contribution in [3.05, 3.63) is 34.2 Å². The number of hydrogen-bond donors (Lipinski definition) is 1. The summed E-state index contributed by atoms with van der Waals surface area (Å²) >= 11 is 1.34. The lowest BCUT2D eigenvalue weighted by atomic mass is 9.74. The number of allylic oxidation sites excluding steroid dienone is 1. The van der Waals surface area contributed by atoms with Gasteiger partial charge in [0.1, 0.15) is 18.1 Å². The smallest absolute Gasteiger partial charge is 0.351 e. The zero-order valence-corrected chi connectivity index (χ0v) is 29.2. The molecule has 5 atom stereocenters. The molecule has 0 radical (unpaired) electrons. The molecule has 2 aliphatic rings. The van der Waals surface area contributed by atoms with Gasteiger partial charge >= 0.3 is 11.7 Å². The molecular formula is C35H58N3O5S-. The SMILES string of the molecule is CCCCCCC(C)(CCCCCC)C(C)=C([O-])Nc1ccn(C2CSC(C(=O)OC3CC(C)CCC3C(C)C)O2)c(=O)n1. The van der Waals surface area contributed by atoms with Crippen LogP contribution in [0, 0.1) is 23.2 Å². The molecule has 1 saturated heterocycles. The van der Waals surface area contributed by atoms with Crippen LogP contribution in [0.15, 0.2) is 28.5 Å². The van der Waals surface area contributed by atoms with Crippen LogP contribution in [0.1, 0.15) is 138 Å². The molecule has 44 heavy (non-hydrogen) atoms. The van der Waals surface area contributed by atoms with Crippen molar-refractivity contribution in [3.8, 4) is 0 Å². The molecule has 1 saturated carbocycles. The minimum absolute atomic E-state index is 0.100. The monoisotopic (exact) mass is 632 g/mol. The van der Waals surface area contributed by atoms with Crippen LogP contribution in [-0.2, 0) is 14.3 Å². The average Bonchev–Trinajstić information content (AvgIpc) is 3.47. The van der Waals surface area contributed by atoms with Crippen LogP contribution in [0.5, 0.6) is 0 Å². The number of thioether (sulfide) groups is 1. The second-order valence-electron chi connectivity index (χ2n) is 13.8. The van der Waals surface area contributed by atoms with Crippen molar-refractivity contribution in [3.63, 3.8) is 0 Å². The Kier molecular flexibility index (Phi) is 14.6. The van der Waals surface area contributed by atoms with E-state index in [0.717, 1.165) is 50.5 Å². The van der Waals surface area contributed by atoms with Crippen LogP contribution < -0.4 is 16.1 Å². The summed E-state index contributed by atoms with van der Waals surface area (Å²) in [5, 5.41) is 16.3. The Hall–Kier alpha value is -2.00. The van der Waals surface area contributed by atoms with Crippen molar-refractivity contribution in [2.45, 2.75) is 150 Å². The van der Waals surface area contributed by atoms with Crippen LogP contribution in [0.2, 0.25) is 0 Å². The van der Waals surface area contributed by atoms with Gasteiger partial charge in [0.05, 0.1) is 0 Å². The van der Waals surface area contributed by atoms with Gasteiger partial charge in [0.15, 0.2) is 0 Å². The maximum absolute atomic E-state index is 13.4. The van der Waals surface area contributed by atoms with Gasteiger partial charge < -0.3 is 19.9 Å². The summed E-state index contributed by atoms with van der Waals surface area (Å²) in [6.45, 7) is 15.1. The number of anilines is 1. The van der Waals surface area contributed by atoms with E-state index in [9.17, 15) is 14.7 Å². The van der Waals surface area contributed by atoms with Crippen molar-refractivity contribution in [1.82, 2.24) is 9.55 Å². The lowest BCUT2D eigenvalue weighted by Gasteiger charge is -2.37. The number of esters is 1. The molecule has 2 heterocycles. The molecule has 0 bridgehead atoms. The first-order valence-corrected chi connectivity index (χ1v) is 18.3. The van der Waals surface area contributed by atoms with E-state index >= 15 is 0 Å². The number of nitrogens with one attached hydrogen (secondary N) is 1. The number of ether oxygens (including phenoxy) is 2. The Labute approximate surface area is 270 Å². The highest BCUT2D eigenvalue weighted by molar-refractivity contribution is 8.00. The Morgan fingerprint density at radius 2 is 1.82 bits per heavy atom. The summed E-state index contributed by atoms with van der Waals surface area (Å²) in [5.74, 6) is 1.43. The van der Waals surface area contributed by atoms with Gasteiger partial charge in [-0.25, -0.2) is 9.59 Å². The zero-order chi connectivity index (χ0) is 32.3.